The number of anilines is 1. The van der Waals surface area contributed by atoms with E-state index in [1.54, 1.807) is 0 Å². The molecule has 3 rings (SSSR count). The van der Waals surface area contributed by atoms with Crippen molar-refractivity contribution in [3.63, 3.8) is 0 Å². The van der Waals surface area contributed by atoms with E-state index in [2.05, 4.69) is 11.9 Å². The highest BCUT2D eigenvalue weighted by Gasteiger charge is 2.25. The smallest absolute Gasteiger partial charge is 0.185 e. The van der Waals surface area contributed by atoms with Crippen molar-refractivity contribution in [3.8, 4) is 0 Å². The number of thiazole rings is 1. The first-order valence-corrected chi connectivity index (χ1v) is 8.05. The molecule has 1 aromatic rings. The fraction of sp³-hybridized carbons (Fsp3) is 0.786. The molecular weight excluding hydrogens is 242 g/mol. The van der Waals surface area contributed by atoms with Crippen molar-refractivity contribution in [1.29, 1.82) is 0 Å². The molecule has 3 nitrogen and oxygen atoms in total. The molecule has 0 aromatic carbocycles. The second-order valence-corrected chi connectivity index (χ2v) is 6.77. The molecule has 1 unspecified atom stereocenters. The summed E-state index contributed by atoms with van der Waals surface area (Å²) in [6.07, 6.45) is 10.3. The van der Waals surface area contributed by atoms with E-state index < -0.39 is 0 Å². The lowest BCUT2D eigenvalue weighted by Crippen LogP contribution is -2.33. The number of rotatable bonds is 2. The minimum absolute atomic E-state index is 0.179. The molecule has 1 fully saturated rings. The van der Waals surface area contributed by atoms with Crippen LogP contribution >= 0.6 is 11.3 Å². The zero-order chi connectivity index (χ0) is 12.5. The molecule has 1 atom stereocenters. The molecule has 0 amide bonds. The van der Waals surface area contributed by atoms with Crippen LogP contribution in [-0.4, -0.2) is 18.1 Å². The maximum absolute atomic E-state index is 6.16. The number of hydrogen-bond acceptors (Lipinski definition) is 4. The number of nitrogens with two attached hydrogens (primary N) is 1. The van der Waals surface area contributed by atoms with Crippen molar-refractivity contribution in [3.05, 3.63) is 10.6 Å². The fourth-order valence-corrected chi connectivity index (χ4v) is 4.42. The predicted octanol–water partition coefficient (Wildman–Crippen LogP) is 3.25. The van der Waals surface area contributed by atoms with Gasteiger partial charge in [0.25, 0.3) is 0 Å². The molecule has 0 aliphatic heterocycles. The molecule has 100 valence electrons. The molecule has 2 N–H and O–H groups in total. The monoisotopic (exact) mass is 265 g/mol. The SMILES string of the molecule is CN(c1nc2c(s1)CCCC2N)C1CCCCC1. The standard InChI is InChI=1S/C14H23N3S/c1-17(10-6-3-2-4-7-10)14-16-13-11(15)8-5-9-12(13)18-14/h10-11H,2-9,15H2,1H3. The first-order valence-electron chi connectivity index (χ1n) is 7.23. The van der Waals surface area contributed by atoms with Gasteiger partial charge >= 0.3 is 0 Å². The third kappa shape index (κ3) is 2.28. The van der Waals surface area contributed by atoms with Gasteiger partial charge in [0.05, 0.1) is 5.69 Å². The van der Waals surface area contributed by atoms with E-state index in [4.69, 9.17) is 10.7 Å². The molecule has 0 saturated heterocycles. The molecule has 1 saturated carbocycles. The van der Waals surface area contributed by atoms with E-state index in [0.717, 1.165) is 6.42 Å². The van der Waals surface area contributed by atoms with Crippen molar-refractivity contribution < 1.29 is 0 Å². The minimum atomic E-state index is 0.179. The Hall–Kier alpha value is -0.610. The summed E-state index contributed by atoms with van der Waals surface area (Å²) in [4.78, 5) is 8.67. The van der Waals surface area contributed by atoms with Crippen LogP contribution in [0.1, 0.15) is 61.6 Å². The molecule has 4 heteroatoms. The molecule has 1 heterocycles. The van der Waals surface area contributed by atoms with Gasteiger partial charge < -0.3 is 10.6 Å². The van der Waals surface area contributed by atoms with Crippen molar-refractivity contribution in [2.24, 2.45) is 5.73 Å². The summed E-state index contributed by atoms with van der Waals surface area (Å²) in [5, 5.41) is 1.20. The lowest BCUT2D eigenvalue weighted by Gasteiger charge is -2.30. The van der Waals surface area contributed by atoms with E-state index in [-0.39, 0.29) is 6.04 Å². The number of aromatic nitrogens is 1. The van der Waals surface area contributed by atoms with E-state index in [1.165, 1.54) is 60.6 Å². The Labute approximate surface area is 113 Å². The summed E-state index contributed by atoms with van der Waals surface area (Å²) in [5.74, 6) is 0. The first-order chi connectivity index (χ1) is 8.75. The van der Waals surface area contributed by atoms with Crippen molar-refractivity contribution >= 4 is 16.5 Å². The summed E-state index contributed by atoms with van der Waals surface area (Å²) in [5.41, 5.74) is 7.35. The van der Waals surface area contributed by atoms with Gasteiger partial charge in [-0.1, -0.05) is 19.3 Å². The van der Waals surface area contributed by atoms with Gasteiger partial charge in [-0.25, -0.2) is 4.98 Å². The maximum Gasteiger partial charge on any atom is 0.185 e. The number of fused-ring (bicyclic) bond motifs is 1. The van der Waals surface area contributed by atoms with Crippen LogP contribution in [0.2, 0.25) is 0 Å². The zero-order valence-electron chi connectivity index (χ0n) is 11.2. The summed E-state index contributed by atoms with van der Waals surface area (Å²) in [6.45, 7) is 0. The highest BCUT2D eigenvalue weighted by Crippen LogP contribution is 2.37. The molecule has 0 radical (unpaired) electrons. The number of nitrogens with zero attached hydrogens (tertiary/aromatic N) is 2. The molecule has 2 aliphatic carbocycles. The topological polar surface area (TPSA) is 42.2 Å². The molecular formula is C14H23N3S. The Kier molecular flexibility index (Phi) is 3.57. The highest BCUT2D eigenvalue weighted by molar-refractivity contribution is 7.15. The summed E-state index contributed by atoms with van der Waals surface area (Å²) in [6, 6.07) is 0.876. The Balaban J connectivity index is 1.79. The minimum Gasteiger partial charge on any atom is -0.348 e. The lowest BCUT2D eigenvalue weighted by atomic mass is 9.95. The van der Waals surface area contributed by atoms with Gasteiger partial charge in [0.2, 0.25) is 0 Å². The second-order valence-electron chi connectivity index (χ2n) is 5.71. The van der Waals surface area contributed by atoms with Gasteiger partial charge in [0.1, 0.15) is 0 Å². The van der Waals surface area contributed by atoms with E-state index >= 15 is 0 Å². The van der Waals surface area contributed by atoms with E-state index in [1.807, 2.05) is 11.3 Å². The van der Waals surface area contributed by atoms with E-state index in [0.29, 0.717) is 6.04 Å². The highest BCUT2D eigenvalue weighted by atomic mass is 32.1. The van der Waals surface area contributed by atoms with Crippen LogP contribution in [0.15, 0.2) is 0 Å². The largest absolute Gasteiger partial charge is 0.348 e. The van der Waals surface area contributed by atoms with Crippen LogP contribution < -0.4 is 10.6 Å². The summed E-state index contributed by atoms with van der Waals surface area (Å²) in [7, 11) is 2.21. The summed E-state index contributed by atoms with van der Waals surface area (Å²) < 4.78 is 0. The Morgan fingerprint density at radius 3 is 2.67 bits per heavy atom. The van der Waals surface area contributed by atoms with Crippen LogP contribution in [0.25, 0.3) is 0 Å². The molecule has 0 bridgehead atoms. The predicted molar refractivity (Wildman–Crippen MR) is 77.3 cm³/mol. The van der Waals surface area contributed by atoms with Gasteiger partial charge in [-0.2, -0.15) is 0 Å². The van der Waals surface area contributed by atoms with Crippen LogP contribution in [0.5, 0.6) is 0 Å². The van der Waals surface area contributed by atoms with Crippen LogP contribution in [0.4, 0.5) is 5.13 Å². The van der Waals surface area contributed by atoms with Crippen LogP contribution in [-0.2, 0) is 6.42 Å². The summed E-state index contributed by atoms with van der Waals surface area (Å²) >= 11 is 1.88. The third-order valence-electron chi connectivity index (χ3n) is 4.41. The van der Waals surface area contributed by atoms with Gasteiger partial charge in [-0.05, 0) is 32.1 Å². The van der Waals surface area contributed by atoms with Gasteiger partial charge in [0, 0.05) is 24.0 Å². The Bertz CT molecular complexity index is 409. The Morgan fingerprint density at radius 2 is 1.94 bits per heavy atom. The Morgan fingerprint density at radius 1 is 1.17 bits per heavy atom. The van der Waals surface area contributed by atoms with Crippen LogP contribution in [0.3, 0.4) is 0 Å². The van der Waals surface area contributed by atoms with Gasteiger partial charge in [0.15, 0.2) is 5.13 Å². The zero-order valence-corrected chi connectivity index (χ0v) is 12.0. The fourth-order valence-electron chi connectivity index (χ4n) is 3.21. The van der Waals surface area contributed by atoms with Gasteiger partial charge in [-0.15, -0.1) is 11.3 Å². The second kappa shape index (κ2) is 5.17. The average molecular weight is 265 g/mol. The molecule has 1 aromatic heterocycles. The molecule has 0 spiro atoms. The van der Waals surface area contributed by atoms with E-state index in [9.17, 15) is 0 Å². The normalized spacial score (nSPS) is 24.9. The lowest BCUT2D eigenvalue weighted by molar-refractivity contribution is 0.427. The molecule has 2 aliphatic rings. The maximum atomic E-state index is 6.16. The number of hydrogen-bond donors (Lipinski definition) is 1. The van der Waals surface area contributed by atoms with Gasteiger partial charge in [-0.3, -0.25) is 0 Å². The van der Waals surface area contributed by atoms with Crippen molar-refractivity contribution in [2.45, 2.75) is 63.5 Å². The first kappa shape index (κ1) is 12.4. The quantitative estimate of drug-likeness (QED) is 0.892. The number of aryl methyl sites for hydroxylation is 1. The molecule has 18 heavy (non-hydrogen) atoms. The average Bonchev–Trinajstić information content (AvgIpc) is 2.84. The van der Waals surface area contributed by atoms with Crippen LogP contribution in [0, 0.1) is 0 Å². The van der Waals surface area contributed by atoms with Crippen molar-refractivity contribution in [1.82, 2.24) is 4.98 Å². The third-order valence-corrected chi connectivity index (χ3v) is 5.63. The van der Waals surface area contributed by atoms with Crippen molar-refractivity contribution in [2.75, 3.05) is 11.9 Å².